The molecule has 1 aliphatic heterocycles. The average molecular weight is 363 g/mol. The molecule has 0 unspecified atom stereocenters. The number of hydrogen-bond donors (Lipinski definition) is 2. The number of phenolic OH excluding ortho intramolecular Hbond substituents is 1. The van der Waals surface area contributed by atoms with E-state index in [1.165, 1.54) is 43.5 Å². The summed E-state index contributed by atoms with van der Waals surface area (Å²) in [5.74, 6) is -0.701. The van der Waals surface area contributed by atoms with E-state index >= 15 is 0 Å². The monoisotopic (exact) mass is 363 g/mol. The maximum absolute atomic E-state index is 13.0. The van der Waals surface area contributed by atoms with Crippen molar-refractivity contribution < 1.29 is 28.2 Å². The van der Waals surface area contributed by atoms with Gasteiger partial charge in [0.25, 0.3) is 0 Å². The second-order valence-electron chi connectivity index (χ2n) is 5.74. The Kier molecular flexibility index (Phi) is 4.40. The fraction of sp³-hybridized carbons (Fsp3) is 0.235. The molecule has 3 rings (SSSR count). The number of sulfonamides is 1. The van der Waals surface area contributed by atoms with E-state index in [1.807, 2.05) is 0 Å². The van der Waals surface area contributed by atoms with Gasteiger partial charge in [0.05, 0.1) is 12.0 Å². The number of hydrogen-bond acceptors (Lipinski definition) is 5. The van der Waals surface area contributed by atoms with Gasteiger partial charge in [0.2, 0.25) is 10.0 Å². The van der Waals surface area contributed by atoms with Crippen LogP contribution in [0.2, 0.25) is 0 Å². The van der Waals surface area contributed by atoms with Crippen LogP contribution in [-0.2, 0) is 27.8 Å². The number of rotatable bonds is 4. The molecule has 25 heavy (non-hydrogen) atoms. The summed E-state index contributed by atoms with van der Waals surface area (Å²) < 4.78 is 31.9. The molecule has 132 valence electrons. The minimum Gasteiger partial charge on any atom is -0.508 e. The first-order valence-electron chi connectivity index (χ1n) is 7.52. The lowest BCUT2D eigenvalue weighted by molar-refractivity contribution is -0.141. The Labute approximate surface area is 145 Å². The van der Waals surface area contributed by atoms with E-state index in [0.717, 1.165) is 4.31 Å². The fourth-order valence-electron chi connectivity index (χ4n) is 2.89. The van der Waals surface area contributed by atoms with Crippen LogP contribution in [0.25, 0.3) is 0 Å². The van der Waals surface area contributed by atoms with Crippen molar-refractivity contribution in [3.63, 3.8) is 0 Å². The summed E-state index contributed by atoms with van der Waals surface area (Å²) in [6, 6.07) is 9.12. The van der Waals surface area contributed by atoms with Crippen molar-refractivity contribution >= 4 is 16.0 Å². The highest BCUT2D eigenvalue weighted by Crippen LogP contribution is 2.31. The number of carbonyl (C=O) groups is 1. The summed E-state index contributed by atoms with van der Waals surface area (Å²) in [6.07, 6.45) is 0.0420. The molecule has 0 aliphatic carbocycles. The predicted molar refractivity (Wildman–Crippen MR) is 89.0 cm³/mol. The van der Waals surface area contributed by atoms with E-state index in [2.05, 4.69) is 0 Å². The highest BCUT2D eigenvalue weighted by molar-refractivity contribution is 7.89. The summed E-state index contributed by atoms with van der Waals surface area (Å²) in [5.41, 5.74) is 1.31. The Hall–Kier alpha value is -2.58. The molecule has 0 bridgehead atoms. The zero-order valence-electron chi connectivity index (χ0n) is 13.4. The summed E-state index contributed by atoms with van der Waals surface area (Å²) >= 11 is 0. The lowest BCUT2D eigenvalue weighted by Crippen LogP contribution is -2.48. The summed E-state index contributed by atoms with van der Waals surface area (Å²) in [7, 11) is -2.55. The van der Waals surface area contributed by atoms with E-state index < -0.39 is 22.0 Å². The molecule has 0 fully saturated rings. The number of fused-ring (bicyclic) bond motifs is 1. The van der Waals surface area contributed by atoms with E-state index in [-0.39, 0.29) is 23.6 Å². The van der Waals surface area contributed by atoms with Crippen molar-refractivity contribution in [2.45, 2.75) is 23.9 Å². The van der Waals surface area contributed by atoms with E-state index in [4.69, 9.17) is 4.74 Å². The molecule has 2 N–H and O–H groups in total. The Balaban J connectivity index is 2.04. The van der Waals surface area contributed by atoms with Crippen LogP contribution in [0.3, 0.4) is 0 Å². The van der Waals surface area contributed by atoms with E-state index in [0.29, 0.717) is 16.9 Å². The third-order valence-electron chi connectivity index (χ3n) is 4.23. The molecule has 1 aliphatic rings. The van der Waals surface area contributed by atoms with Crippen LogP contribution < -0.4 is 4.74 Å². The van der Waals surface area contributed by atoms with Crippen LogP contribution in [0.15, 0.2) is 47.4 Å². The Morgan fingerprint density at radius 1 is 1.16 bits per heavy atom. The van der Waals surface area contributed by atoms with Gasteiger partial charge in [-0.15, -0.1) is 0 Å². The molecule has 0 spiro atoms. The molecular weight excluding hydrogens is 346 g/mol. The highest BCUT2D eigenvalue weighted by Gasteiger charge is 2.39. The van der Waals surface area contributed by atoms with Crippen molar-refractivity contribution in [3.05, 3.63) is 53.6 Å². The first kappa shape index (κ1) is 17.2. The smallest absolute Gasteiger partial charge is 0.322 e. The zero-order valence-corrected chi connectivity index (χ0v) is 14.2. The maximum atomic E-state index is 13.0. The molecule has 1 heterocycles. The Bertz CT molecular complexity index is 907. The van der Waals surface area contributed by atoms with Crippen molar-refractivity contribution in [2.75, 3.05) is 7.11 Å². The number of aromatic hydroxyl groups is 1. The summed E-state index contributed by atoms with van der Waals surface area (Å²) in [5, 5.41) is 19.1. The van der Waals surface area contributed by atoms with Gasteiger partial charge in [-0.05, 0) is 47.5 Å². The number of carboxylic acids is 1. The molecule has 8 heteroatoms. The lowest BCUT2D eigenvalue weighted by atomic mass is 9.95. The number of benzene rings is 2. The van der Waals surface area contributed by atoms with Crippen LogP contribution in [-0.4, -0.2) is 42.1 Å². The summed E-state index contributed by atoms with van der Waals surface area (Å²) in [6.45, 7) is -0.116. The van der Waals surface area contributed by atoms with Crippen molar-refractivity contribution in [2.24, 2.45) is 0 Å². The van der Waals surface area contributed by atoms with Gasteiger partial charge in [-0.1, -0.05) is 6.07 Å². The Morgan fingerprint density at radius 2 is 1.84 bits per heavy atom. The minimum atomic E-state index is -4.02. The van der Waals surface area contributed by atoms with Crippen molar-refractivity contribution in [1.29, 1.82) is 0 Å². The van der Waals surface area contributed by atoms with Crippen LogP contribution in [0.5, 0.6) is 11.5 Å². The molecule has 0 amide bonds. The first-order valence-corrected chi connectivity index (χ1v) is 8.96. The quantitative estimate of drug-likeness (QED) is 0.855. The van der Waals surface area contributed by atoms with Crippen LogP contribution in [0.4, 0.5) is 0 Å². The SMILES string of the molecule is COc1ccc(S(=O)(=O)N2Cc3cc(O)ccc3C[C@@H]2C(=O)O)cc1. The van der Waals surface area contributed by atoms with Crippen LogP contribution in [0.1, 0.15) is 11.1 Å². The number of carboxylic acid groups (broad SMARTS) is 1. The number of phenols is 1. The molecule has 7 nitrogen and oxygen atoms in total. The molecule has 2 aromatic rings. The van der Waals surface area contributed by atoms with Gasteiger partial charge in [-0.25, -0.2) is 8.42 Å². The largest absolute Gasteiger partial charge is 0.508 e. The second kappa shape index (κ2) is 6.38. The molecule has 1 atom stereocenters. The first-order chi connectivity index (χ1) is 11.8. The third kappa shape index (κ3) is 3.18. The van der Waals surface area contributed by atoms with E-state index in [9.17, 15) is 23.4 Å². The zero-order chi connectivity index (χ0) is 18.2. The Morgan fingerprint density at radius 3 is 2.44 bits per heavy atom. The molecular formula is C17H17NO6S. The minimum absolute atomic E-state index is 0.00863. The van der Waals surface area contributed by atoms with Gasteiger partial charge in [0.15, 0.2) is 0 Å². The number of nitrogens with zero attached hydrogens (tertiary/aromatic N) is 1. The second-order valence-corrected chi connectivity index (χ2v) is 7.63. The maximum Gasteiger partial charge on any atom is 0.322 e. The molecule has 0 radical (unpaired) electrons. The molecule has 2 aromatic carbocycles. The lowest BCUT2D eigenvalue weighted by Gasteiger charge is -2.33. The number of ether oxygens (including phenoxy) is 1. The van der Waals surface area contributed by atoms with Crippen LogP contribution >= 0.6 is 0 Å². The van der Waals surface area contributed by atoms with E-state index in [1.54, 1.807) is 6.07 Å². The molecule has 0 aromatic heterocycles. The van der Waals surface area contributed by atoms with Gasteiger partial charge < -0.3 is 14.9 Å². The van der Waals surface area contributed by atoms with Gasteiger partial charge in [0.1, 0.15) is 17.5 Å². The van der Waals surface area contributed by atoms with Crippen LogP contribution in [0, 0.1) is 0 Å². The number of methoxy groups -OCH3 is 1. The van der Waals surface area contributed by atoms with Crippen molar-refractivity contribution in [3.8, 4) is 11.5 Å². The number of aliphatic carboxylic acids is 1. The third-order valence-corrected chi connectivity index (χ3v) is 6.10. The standard InChI is InChI=1S/C17H17NO6S/c1-24-14-4-6-15(7-5-14)25(22,23)18-10-12-8-13(19)3-2-11(12)9-16(18)17(20)21/h2-8,16,19H,9-10H2,1H3,(H,20,21)/t16-/m1/s1. The molecule has 0 saturated carbocycles. The topological polar surface area (TPSA) is 104 Å². The highest BCUT2D eigenvalue weighted by atomic mass is 32.2. The molecule has 0 saturated heterocycles. The van der Waals surface area contributed by atoms with Gasteiger partial charge >= 0.3 is 5.97 Å². The predicted octanol–water partition coefficient (Wildman–Crippen LogP) is 1.60. The average Bonchev–Trinajstić information content (AvgIpc) is 2.60. The van der Waals surface area contributed by atoms with Crippen molar-refractivity contribution in [1.82, 2.24) is 4.31 Å². The fourth-order valence-corrected chi connectivity index (χ4v) is 4.45. The van der Waals surface area contributed by atoms with Gasteiger partial charge in [-0.3, -0.25) is 4.79 Å². The summed E-state index contributed by atoms with van der Waals surface area (Å²) in [4.78, 5) is 11.6. The van der Waals surface area contributed by atoms with Gasteiger partial charge in [0, 0.05) is 13.0 Å². The van der Waals surface area contributed by atoms with Gasteiger partial charge in [-0.2, -0.15) is 4.31 Å². The normalized spacial score (nSPS) is 17.7.